The number of nitrogens with zero attached hydrogens (tertiary/aromatic N) is 3. The highest BCUT2D eigenvalue weighted by Gasteiger charge is 2.25. The molecule has 0 atom stereocenters. The third-order valence-corrected chi connectivity index (χ3v) is 3.64. The lowest BCUT2D eigenvalue weighted by Crippen LogP contribution is -2.15. The molecule has 0 aliphatic heterocycles. The van der Waals surface area contributed by atoms with Crippen LogP contribution in [-0.4, -0.2) is 25.7 Å². The molecule has 0 unspecified atom stereocenters. The largest absolute Gasteiger partial charge is 0.324 e. The molecule has 1 aromatic heterocycles. The van der Waals surface area contributed by atoms with E-state index in [9.17, 15) is 25.0 Å². The van der Waals surface area contributed by atoms with Gasteiger partial charge in [0.25, 0.3) is 17.3 Å². The Morgan fingerprint density at radius 1 is 1.16 bits per heavy atom. The number of rotatable bonds is 4. The van der Waals surface area contributed by atoms with Crippen molar-refractivity contribution in [1.29, 1.82) is 0 Å². The van der Waals surface area contributed by atoms with Gasteiger partial charge in [0, 0.05) is 11.6 Å². The Morgan fingerprint density at radius 2 is 1.88 bits per heavy atom. The Hall–Kier alpha value is -3.82. The first-order valence-electron chi connectivity index (χ1n) is 7.06. The number of amides is 1. The second kappa shape index (κ2) is 6.00. The van der Waals surface area contributed by atoms with E-state index in [0.717, 1.165) is 12.1 Å². The zero-order chi connectivity index (χ0) is 18.1. The van der Waals surface area contributed by atoms with Crippen LogP contribution in [0.3, 0.4) is 0 Å². The average Bonchev–Trinajstić information content (AvgIpc) is 2.96. The molecule has 10 heteroatoms. The molecule has 0 aliphatic rings. The SMILES string of the molecule is Cc1c(C(=O)Nc2nc3ccccc3[nH]2)cc([N+](=O)[O-])cc1[N+](=O)[O-]. The van der Waals surface area contributed by atoms with Gasteiger partial charge in [-0.25, -0.2) is 4.98 Å². The quantitative estimate of drug-likeness (QED) is 0.551. The Balaban J connectivity index is 2.00. The van der Waals surface area contributed by atoms with E-state index in [0.29, 0.717) is 11.0 Å². The van der Waals surface area contributed by atoms with Gasteiger partial charge in [-0.1, -0.05) is 12.1 Å². The molecule has 3 aromatic rings. The molecule has 0 saturated heterocycles. The Kier molecular flexibility index (Phi) is 3.85. The van der Waals surface area contributed by atoms with Crippen LogP contribution in [0.15, 0.2) is 36.4 Å². The normalized spacial score (nSPS) is 10.6. The van der Waals surface area contributed by atoms with Crippen molar-refractivity contribution in [3.05, 3.63) is 67.8 Å². The summed E-state index contributed by atoms with van der Waals surface area (Å²) in [6.07, 6.45) is 0. The smallest absolute Gasteiger partial charge is 0.279 e. The van der Waals surface area contributed by atoms with Crippen molar-refractivity contribution in [2.45, 2.75) is 6.92 Å². The van der Waals surface area contributed by atoms with Gasteiger partial charge in [0.2, 0.25) is 5.95 Å². The number of hydrogen-bond acceptors (Lipinski definition) is 6. The number of carbonyl (C=O) groups is 1. The summed E-state index contributed by atoms with van der Waals surface area (Å²) in [5, 5.41) is 24.5. The molecule has 25 heavy (non-hydrogen) atoms. The lowest BCUT2D eigenvalue weighted by atomic mass is 10.0. The number of fused-ring (bicyclic) bond motifs is 1. The fourth-order valence-electron chi connectivity index (χ4n) is 2.40. The van der Waals surface area contributed by atoms with Gasteiger partial charge in [-0.3, -0.25) is 30.3 Å². The van der Waals surface area contributed by atoms with Crippen LogP contribution in [0.2, 0.25) is 0 Å². The first-order valence-corrected chi connectivity index (χ1v) is 7.06. The molecular formula is C15H11N5O5. The lowest BCUT2D eigenvalue weighted by Gasteiger charge is -2.06. The maximum absolute atomic E-state index is 12.4. The van der Waals surface area contributed by atoms with Gasteiger partial charge in [-0.2, -0.15) is 0 Å². The number of para-hydroxylation sites is 2. The number of H-pyrrole nitrogens is 1. The summed E-state index contributed by atoms with van der Waals surface area (Å²) in [5.74, 6) is -0.594. The van der Waals surface area contributed by atoms with Crippen molar-refractivity contribution in [2.24, 2.45) is 0 Å². The van der Waals surface area contributed by atoms with Crippen LogP contribution in [-0.2, 0) is 0 Å². The number of imidazole rings is 1. The summed E-state index contributed by atoms with van der Waals surface area (Å²) in [7, 11) is 0. The Labute approximate surface area is 139 Å². The van der Waals surface area contributed by atoms with Gasteiger partial charge >= 0.3 is 0 Å². The van der Waals surface area contributed by atoms with Crippen molar-refractivity contribution in [1.82, 2.24) is 9.97 Å². The van der Waals surface area contributed by atoms with E-state index in [-0.39, 0.29) is 17.1 Å². The van der Waals surface area contributed by atoms with E-state index >= 15 is 0 Å². The molecule has 0 fully saturated rings. The summed E-state index contributed by atoms with van der Waals surface area (Å²) in [4.78, 5) is 40.0. The highest BCUT2D eigenvalue weighted by Crippen LogP contribution is 2.28. The molecule has 0 radical (unpaired) electrons. The number of nitrogens with one attached hydrogen (secondary N) is 2. The zero-order valence-corrected chi connectivity index (χ0v) is 12.8. The van der Waals surface area contributed by atoms with Crippen LogP contribution < -0.4 is 5.32 Å². The molecule has 0 saturated carbocycles. The minimum Gasteiger partial charge on any atom is -0.324 e. The molecule has 3 rings (SSSR count). The number of aromatic nitrogens is 2. The third-order valence-electron chi connectivity index (χ3n) is 3.64. The van der Waals surface area contributed by atoms with E-state index in [4.69, 9.17) is 0 Å². The highest BCUT2D eigenvalue weighted by atomic mass is 16.6. The molecule has 0 spiro atoms. The van der Waals surface area contributed by atoms with Crippen LogP contribution in [0.4, 0.5) is 17.3 Å². The average molecular weight is 341 g/mol. The maximum Gasteiger partial charge on any atom is 0.279 e. The number of aromatic amines is 1. The monoisotopic (exact) mass is 341 g/mol. The number of anilines is 1. The fourth-order valence-corrected chi connectivity index (χ4v) is 2.40. The van der Waals surface area contributed by atoms with Crippen molar-refractivity contribution in [3.63, 3.8) is 0 Å². The topological polar surface area (TPSA) is 144 Å². The van der Waals surface area contributed by atoms with Gasteiger partial charge < -0.3 is 4.98 Å². The van der Waals surface area contributed by atoms with Crippen molar-refractivity contribution in [2.75, 3.05) is 5.32 Å². The first kappa shape index (κ1) is 16.1. The van der Waals surface area contributed by atoms with E-state index < -0.39 is 27.1 Å². The van der Waals surface area contributed by atoms with Gasteiger partial charge in [-0.15, -0.1) is 0 Å². The summed E-state index contributed by atoms with van der Waals surface area (Å²) in [5.41, 5.74) is 0.153. The van der Waals surface area contributed by atoms with Crippen molar-refractivity contribution >= 4 is 34.3 Å². The summed E-state index contributed by atoms with van der Waals surface area (Å²) >= 11 is 0. The van der Waals surface area contributed by atoms with E-state index in [1.54, 1.807) is 24.3 Å². The van der Waals surface area contributed by atoms with Crippen molar-refractivity contribution < 1.29 is 14.6 Å². The van der Waals surface area contributed by atoms with Crippen LogP contribution in [0.1, 0.15) is 15.9 Å². The summed E-state index contributed by atoms with van der Waals surface area (Å²) in [6.45, 7) is 1.36. The summed E-state index contributed by atoms with van der Waals surface area (Å²) < 4.78 is 0. The molecule has 2 aromatic carbocycles. The van der Waals surface area contributed by atoms with Crippen LogP contribution >= 0.6 is 0 Å². The molecule has 2 N–H and O–H groups in total. The Bertz CT molecular complexity index is 993. The van der Waals surface area contributed by atoms with Gasteiger partial charge in [-0.05, 0) is 19.1 Å². The lowest BCUT2D eigenvalue weighted by molar-refractivity contribution is -0.394. The number of benzene rings is 2. The second-order valence-electron chi connectivity index (χ2n) is 5.21. The molecular weight excluding hydrogens is 330 g/mol. The Morgan fingerprint density at radius 3 is 2.52 bits per heavy atom. The fraction of sp³-hybridized carbons (Fsp3) is 0.0667. The minimum absolute atomic E-state index is 0.0317. The third kappa shape index (κ3) is 3.00. The molecule has 1 amide bonds. The summed E-state index contributed by atoms with van der Waals surface area (Å²) in [6, 6.07) is 8.91. The molecule has 0 bridgehead atoms. The minimum atomic E-state index is -0.787. The van der Waals surface area contributed by atoms with Crippen LogP contribution in [0, 0.1) is 27.2 Å². The van der Waals surface area contributed by atoms with E-state index in [1.807, 2.05) is 0 Å². The standard InChI is InChI=1S/C15H11N5O5/c1-8-10(6-9(19(22)23)7-13(8)20(24)25)14(21)18-15-16-11-4-2-3-5-12(11)17-15/h2-7H,1H3,(H2,16,17,18,21). The first-order chi connectivity index (χ1) is 11.9. The predicted molar refractivity (Wildman–Crippen MR) is 88.5 cm³/mol. The molecule has 0 aliphatic carbocycles. The van der Waals surface area contributed by atoms with Gasteiger partial charge in [0.15, 0.2) is 0 Å². The number of nitro groups is 2. The van der Waals surface area contributed by atoms with Gasteiger partial charge in [0.05, 0.1) is 32.5 Å². The second-order valence-corrected chi connectivity index (χ2v) is 5.21. The maximum atomic E-state index is 12.4. The van der Waals surface area contributed by atoms with Crippen molar-refractivity contribution in [3.8, 4) is 0 Å². The predicted octanol–water partition coefficient (Wildman–Crippen LogP) is 2.94. The molecule has 1 heterocycles. The highest BCUT2D eigenvalue weighted by molar-refractivity contribution is 6.06. The number of nitro benzene ring substituents is 2. The van der Waals surface area contributed by atoms with E-state index in [2.05, 4.69) is 15.3 Å². The van der Waals surface area contributed by atoms with Gasteiger partial charge in [0.1, 0.15) is 0 Å². The number of hydrogen-bond donors (Lipinski definition) is 2. The number of carbonyl (C=O) groups excluding carboxylic acids is 1. The molecule has 10 nitrogen and oxygen atoms in total. The van der Waals surface area contributed by atoms with Crippen LogP contribution in [0.25, 0.3) is 11.0 Å². The molecule has 126 valence electrons. The van der Waals surface area contributed by atoms with Crippen LogP contribution in [0.5, 0.6) is 0 Å². The number of non-ortho nitro benzene ring substituents is 1. The van der Waals surface area contributed by atoms with E-state index in [1.165, 1.54) is 6.92 Å². The zero-order valence-electron chi connectivity index (χ0n) is 12.8.